The number of esters is 1. The van der Waals surface area contributed by atoms with Gasteiger partial charge in [0.25, 0.3) is 0 Å². The lowest BCUT2D eigenvalue weighted by Gasteiger charge is -2.05. The van der Waals surface area contributed by atoms with Gasteiger partial charge >= 0.3 is 5.97 Å². The summed E-state index contributed by atoms with van der Waals surface area (Å²) < 4.78 is 16.6. The first-order valence-corrected chi connectivity index (χ1v) is 8.49. The fourth-order valence-corrected chi connectivity index (χ4v) is 2.86. The zero-order chi connectivity index (χ0) is 17.8. The Morgan fingerprint density at radius 3 is 2.60 bits per heavy atom. The van der Waals surface area contributed by atoms with Gasteiger partial charge in [-0.1, -0.05) is 12.1 Å². The van der Waals surface area contributed by atoms with Crippen molar-refractivity contribution in [2.24, 2.45) is 4.99 Å². The molecule has 1 heterocycles. The van der Waals surface area contributed by atoms with Crippen LogP contribution < -0.4 is 9.47 Å². The molecule has 1 aliphatic rings. The normalized spacial score (nSPS) is 15.1. The monoisotopic (exact) mass is 401 g/mol. The number of hydrogen-bond donors (Lipinski definition) is 0. The molecule has 0 atom stereocenters. The average molecular weight is 402 g/mol. The van der Waals surface area contributed by atoms with E-state index in [-0.39, 0.29) is 11.6 Å². The molecule has 0 unspecified atom stereocenters. The van der Waals surface area contributed by atoms with Gasteiger partial charge in [-0.3, -0.25) is 0 Å². The molecule has 0 saturated carbocycles. The number of benzene rings is 2. The van der Waals surface area contributed by atoms with Gasteiger partial charge < -0.3 is 14.2 Å². The van der Waals surface area contributed by atoms with E-state index in [4.69, 9.17) is 14.2 Å². The molecule has 5 nitrogen and oxygen atoms in total. The van der Waals surface area contributed by atoms with E-state index in [2.05, 4.69) is 20.9 Å². The number of aliphatic imine (C=N–C) groups is 1. The van der Waals surface area contributed by atoms with Gasteiger partial charge in [-0.25, -0.2) is 9.79 Å². The van der Waals surface area contributed by atoms with Crippen LogP contribution in [0.5, 0.6) is 11.5 Å². The van der Waals surface area contributed by atoms with Crippen molar-refractivity contribution in [3.05, 3.63) is 63.8 Å². The van der Waals surface area contributed by atoms with Gasteiger partial charge in [0.05, 0.1) is 18.2 Å². The molecule has 1 aliphatic heterocycles. The Labute approximate surface area is 154 Å². The Kier molecular flexibility index (Phi) is 5.19. The maximum Gasteiger partial charge on any atom is 0.363 e. The Morgan fingerprint density at radius 1 is 1.20 bits per heavy atom. The summed E-state index contributed by atoms with van der Waals surface area (Å²) in [5.74, 6) is 1.27. The number of hydrogen-bond acceptors (Lipinski definition) is 5. The van der Waals surface area contributed by atoms with Crippen molar-refractivity contribution < 1.29 is 19.0 Å². The highest BCUT2D eigenvalue weighted by molar-refractivity contribution is 9.10. The topological polar surface area (TPSA) is 57.1 Å². The lowest BCUT2D eigenvalue weighted by Crippen LogP contribution is -2.05. The van der Waals surface area contributed by atoms with E-state index >= 15 is 0 Å². The lowest BCUT2D eigenvalue weighted by atomic mass is 10.2. The van der Waals surface area contributed by atoms with Crippen molar-refractivity contribution in [1.82, 2.24) is 0 Å². The van der Waals surface area contributed by atoms with Gasteiger partial charge in [0.2, 0.25) is 5.90 Å². The zero-order valence-corrected chi connectivity index (χ0v) is 15.4. The van der Waals surface area contributed by atoms with E-state index in [0.29, 0.717) is 17.9 Å². The molecule has 0 aromatic heterocycles. The summed E-state index contributed by atoms with van der Waals surface area (Å²) >= 11 is 3.41. The number of carbonyl (C=O) groups excluding carboxylic acids is 1. The summed E-state index contributed by atoms with van der Waals surface area (Å²) in [6, 6.07) is 12.8. The van der Waals surface area contributed by atoms with Gasteiger partial charge in [0.1, 0.15) is 11.5 Å². The third-order valence-electron chi connectivity index (χ3n) is 3.51. The highest BCUT2D eigenvalue weighted by Crippen LogP contribution is 2.28. The van der Waals surface area contributed by atoms with Crippen LogP contribution in [-0.2, 0) is 9.53 Å². The molecule has 0 saturated heterocycles. The second-order valence-corrected chi connectivity index (χ2v) is 6.04. The van der Waals surface area contributed by atoms with Crippen LogP contribution in [0.3, 0.4) is 0 Å². The number of methoxy groups -OCH3 is 1. The van der Waals surface area contributed by atoms with E-state index < -0.39 is 5.97 Å². The van der Waals surface area contributed by atoms with E-state index in [1.54, 1.807) is 31.4 Å². The van der Waals surface area contributed by atoms with E-state index in [1.165, 1.54) is 0 Å². The highest BCUT2D eigenvalue weighted by Gasteiger charge is 2.24. The molecule has 3 rings (SSSR count). The summed E-state index contributed by atoms with van der Waals surface area (Å²) in [5, 5.41) is 0. The molecule has 0 N–H and O–H groups in total. The molecular weight excluding hydrogens is 386 g/mol. The molecule has 128 valence electrons. The van der Waals surface area contributed by atoms with Crippen LogP contribution in [0.1, 0.15) is 18.1 Å². The maximum atomic E-state index is 12.1. The molecule has 0 fully saturated rings. The Balaban J connectivity index is 1.85. The predicted molar refractivity (Wildman–Crippen MR) is 98.9 cm³/mol. The zero-order valence-electron chi connectivity index (χ0n) is 13.8. The van der Waals surface area contributed by atoms with Crippen LogP contribution in [0.4, 0.5) is 0 Å². The predicted octanol–water partition coefficient (Wildman–Crippen LogP) is 4.20. The number of cyclic esters (lactones) is 1. The molecule has 0 aliphatic carbocycles. The van der Waals surface area contributed by atoms with Crippen LogP contribution in [0.15, 0.2) is 57.6 Å². The molecule has 0 amide bonds. The van der Waals surface area contributed by atoms with Gasteiger partial charge in [0, 0.05) is 5.56 Å². The SMILES string of the molecule is CCOc1ccc(/C=C2/N=C(c3ccc(OC)c(Br)c3)OC2=O)cc1. The quantitative estimate of drug-likeness (QED) is 0.556. The molecule has 0 spiro atoms. The van der Waals surface area contributed by atoms with Crippen LogP contribution in [0.25, 0.3) is 6.08 Å². The number of ether oxygens (including phenoxy) is 3. The summed E-state index contributed by atoms with van der Waals surface area (Å²) in [5.41, 5.74) is 1.79. The Morgan fingerprint density at radius 2 is 1.96 bits per heavy atom. The fourth-order valence-electron chi connectivity index (χ4n) is 2.32. The van der Waals surface area contributed by atoms with Crippen molar-refractivity contribution in [1.29, 1.82) is 0 Å². The van der Waals surface area contributed by atoms with E-state index in [9.17, 15) is 4.79 Å². The van der Waals surface area contributed by atoms with Crippen LogP contribution >= 0.6 is 15.9 Å². The fraction of sp³-hybridized carbons (Fsp3) is 0.158. The van der Waals surface area contributed by atoms with Crippen LogP contribution in [0.2, 0.25) is 0 Å². The van der Waals surface area contributed by atoms with Gasteiger partial charge in [-0.2, -0.15) is 0 Å². The molecule has 6 heteroatoms. The first-order chi connectivity index (χ1) is 12.1. The molecule has 2 aromatic carbocycles. The smallest absolute Gasteiger partial charge is 0.363 e. The molecule has 25 heavy (non-hydrogen) atoms. The third-order valence-corrected chi connectivity index (χ3v) is 4.13. The van der Waals surface area contributed by atoms with Crippen molar-refractivity contribution in [2.75, 3.05) is 13.7 Å². The minimum atomic E-state index is -0.476. The number of carbonyl (C=O) groups is 1. The maximum absolute atomic E-state index is 12.1. The van der Waals surface area contributed by atoms with Gasteiger partial charge in [-0.15, -0.1) is 0 Å². The van der Waals surface area contributed by atoms with Gasteiger partial charge in [-0.05, 0) is 64.8 Å². The number of nitrogens with zero attached hydrogens (tertiary/aromatic N) is 1. The first kappa shape index (κ1) is 17.2. The summed E-state index contributed by atoms with van der Waals surface area (Å²) in [4.78, 5) is 16.4. The highest BCUT2D eigenvalue weighted by atomic mass is 79.9. The second-order valence-electron chi connectivity index (χ2n) is 5.19. The van der Waals surface area contributed by atoms with E-state index in [1.807, 2.05) is 31.2 Å². The average Bonchev–Trinajstić information content (AvgIpc) is 2.97. The second kappa shape index (κ2) is 7.53. The minimum Gasteiger partial charge on any atom is -0.496 e. The minimum absolute atomic E-state index is 0.256. The summed E-state index contributed by atoms with van der Waals surface area (Å²) in [7, 11) is 1.59. The Hall–Kier alpha value is -2.60. The van der Waals surface area contributed by atoms with Crippen LogP contribution in [0, 0.1) is 0 Å². The number of halogens is 1. The Bertz CT molecular complexity index is 856. The largest absolute Gasteiger partial charge is 0.496 e. The standard InChI is InChI=1S/C19H16BrNO4/c1-3-24-14-7-4-12(5-8-14)10-16-19(22)25-18(21-16)13-6-9-17(23-2)15(20)11-13/h4-11H,3H2,1-2H3/b16-10+. The molecule has 0 bridgehead atoms. The lowest BCUT2D eigenvalue weighted by molar-refractivity contribution is -0.129. The van der Waals surface area contributed by atoms with Crippen LogP contribution in [-0.4, -0.2) is 25.6 Å². The molecular formula is C19H16BrNO4. The van der Waals surface area contributed by atoms with Gasteiger partial charge in [0.15, 0.2) is 5.70 Å². The number of rotatable bonds is 5. The van der Waals surface area contributed by atoms with E-state index in [0.717, 1.165) is 15.8 Å². The molecule has 0 radical (unpaired) electrons. The van der Waals surface area contributed by atoms with Crippen molar-refractivity contribution in [3.63, 3.8) is 0 Å². The van der Waals surface area contributed by atoms with Crippen molar-refractivity contribution in [2.45, 2.75) is 6.92 Å². The van der Waals surface area contributed by atoms with Crippen molar-refractivity contribution in [3.8, 4) is 11.5 Å². The summed E-state index contributed by atoms with van der Waals surface area (Å²) in [6.45, 7) is 2.54. The van der Waals surface area contributed by atoms with Crippen molar-refractivity contribution >= 4 is 33.9 Å². The first-order valence-electron chi connectivity index (χ1n) is 7.70. The third kappa shape index (κ3) is 3.91. The summed E-state index contributed by atoms with van der Waals surface area (Å²) in [6.07, 6.45) is 1.68. The molecule has 2 aromatic rings.